The highest BCUT2D eigenvalue weighted by molar-refractivity contribution is 7.09. The van der Waals surface area contributed by atoms with E-state index in [1.165, 1.54) is 0 Å². The Hall–Kier alpha value is -1.43. The lowest BCUT2D eigenvalue weighted by atomic mass is 10.0. The predicted octanol–water partition coefficient (Wildman–Crippen LogP) is 3.41. The van der Waals surface area contributed by atoms with Crippen molar-refractivity contribution in [2.45, 2.75) is 25.9 Å². The van der Waals surface area contributed by atoms with Gasteiger partial charge in [0, 0.05) is 23.0 Å². The largest absolute Gasteiger partial charge is 0.481 e. The maximum Gasteiger partial charge on any atom is 0.305 e. The zero-order chi connectivity index (χ0) is 14.5. The van der Waals surface area contributed by atoms with E-state index in [2.05, 4.69) is 10.3 Å². The quantitative estimate of drug-likeness (QED) is 0.858. The summed E-state index contributed by atoms with van der Waals surface area (Å²) in [6, 6.07) is 6.97. The minimum absolute atomic E-state index is 0.00343. The van der Waals surface area contributed by atoms with Gasteiger partial charge in [-0.25, -0.2) is 4.98 Å². The van der Waals surface area contributed by atoms with Crippen molar-refractivity contribution in [3.8, 4) is 0 Å². The van der Waals surface area contributed by atoms with Gasteiger partial charge in [0.25, 0.3) is 0 Å². The van der Waals surface area contributed by atoms with E-state index in [-0.39, 0.29) is 12.5 Å². The Morgan fingerprint density at radius 1 is 1.55 bits per heavy atom. The molecule has 106 valence electrons. The van der Waals surface area contributed by atoms with Crippen molar-refractivity contribution in [3.63, 3.8) is 0 Å². The smallest absolute Gasteiger partial charge is 0.305 e. The summed E-state index contributed by atoms with van der Waals surface area (Å²) in [5.41, 5.74) is 1.79. The average molecular weight is 311 g/mol. The van der Waals surface area contributed by atoms with Crippen LogP contribution in [-0.2, 0) is 11.3 Å². The van der Waals surface area contributed by atoms with E-state index in [4.69, 9.17) is 16.7 Å². The highest BCUT2D eigenvalue weighted by atomic mass is 35.5. The molecule has 1 atom stereocenters. The first kappa shape index (κ1) is 15.0. The zero-order valence-electron chi connectivity index (χ0n) is 11.0. The van der Waals surface area contributed by atoms with Gasteiger partial charge < -0.3 is 10.4 Å². The molecule has 1 aromatic carbocycles. The van der Waals surface area contributed by atoms with Crippen molar-refractivity contribution in [1.82, 2.24) is 10.3 Å². The number of hydrogen-bond donors (Lipinski definition) is 2. The van der Waals surface area contributed by atoms with Crippen molar-refractivity contribution in [2.24, 2.45) is 0 Å². The number of nitrogens with zero attached hydrogens (tertiary/aromatic N) is 1. The van der Waals surface area contributed by atoms with Crippen molar-refractivity contribution in [1.29, 1.82) is 0 Å². The highest BCUT2D eigenvalue weighted by Crippen LogP contribution is 2.21. The Labute approximate surface area is 126 Å². The van der Waals surface area contributed by atoms with Crippen molar-refractivity contribution in [2.75, 3.05) is 0 Å². The molecule has 0 saturated carbocycles. The van der Waals surface area contributed by atoms with Crippen LogP contribution in [0.3, 0.4) is 0 Å². The fourth-order valence-electron chi connectivity index (χ4n) is 1.92. The summed E-state index contributed by atoms with van der Waals surface area (Å²) >= 11 is 7.54. The molecular formula is C14H15ClN2O2S. The third-order valence-corrected chi connectivity index (χ3v) is 3.88. The maximum absolute atomic E-state index is 11.0. The van der Waals surface area contributed by atoms with Gasteiger partial charge in [-0.3, -0.25) is 4.79 Å². The van der Waals surface area contributed by atoms with Crippen LogP contribution in [0.2, 0.25) is 5.02 Å². The number of carboxylic acids is 1. The second kappa shape index (κ2) is 6.83. The van der Waals surface area contributed by atoms with E-state index in [1.54, 1.807) is 23.5 Å². The minimum Gasteiger partial charge on any atom is -0.481 e. The van der Waals surface area contributed by atoms with Gasteiger partial charge in [-0.2, -0.15) is 0 Å². The van der Waals surface area contributed by atoms with E-state index in [0.717, 1.165) is 16.3 Å². The molecule has 2 rings (SSSR count). The van der Waals surface area contributed by atoms with Crippen LogP contribution in [-0.4, -0.2) is 16.1 Å². The number of aryl methyl sites for hydroxylation is 1. The summed E-state index contributed by atoms with van der Waals surface area (Å²) in [7, 11) is 0. The Morgan fingerprint density at radius 2 is 2.35 bits per heavy atom. The molecule has 0 aliphatic rings. The molecule has 0 unspecified atom stereocenters. The SMILES string of the molecule is Cc1nc(CN[C@H](CC(=O)O)c2cccc(Cl)c2)cs1. The zero-order valence-corrected chi connectivity index (χ0v) is 12.5. The molecule has 0 radical (unpaired) electrons. The van der Waals surface area contributed by atoms with Crippen LogP contribution in [0.15, 0.2) is 29.6 Å². The van der Waals surface area contributed by atoms with Crippen molar-refractivity contribution in [3.05, 3.63) is 50.9 Å². The van der Waals surface area contributed by atoms with Crippen LogP contribution in [0.5, 0.6) is 0 Å². The van der Waals surface area contributed by atoms with Gasteiger partial charge in [0.1, 0.15) is 0 Å². The Balaban J connectivity index is 2.09. The second-order valence-electron chi connectivity index (χ2n) is 4.44. The summed E-state index contributed by atoms with van der Waals surface area (Å²) in [5.74, 6) is -0.850. The lowest BCUT2D eigenvalue weighted by molar-refractivity contribution is -0.137. The molecular weight excluding hydrogens is 296 g/mol. The van der Waals surface area contributed by atoms with Gasteiger partial charge in [-0.1, -0.05) is 23.7 Å². The number of carboxylic acid groups (broad SMARTS) is 1. The van der Waals surface area contributed by atoms with Gasteiger partial charge in [0.15, 0.2) is 0 Å². The van der Waals surface area contributed by atoms with E-state index in [9.17, 15) is 4.79 Å². The van der Waals surface area contributed by atoms with E-state index < -0.39 is 5.97 Å². The topological polar surface area (TPSA) is 62.2 Å². The number of hydrogen-bond acceptors (Lipinski definition) is 4. The first-order valence-electron chi connectivity index (χ1n) is 6.16. The molecule has 2 aromatic rings. The number of thiazole rings is 1. The van der Waals surface area contributed by atoms with E-state index in [0.29, 0.717) is 11.6 Å². The molecule has 0 bridgehead atoms. The fourth-order valence-corrected chi connectivity index (χ4v) is 2.73. The molecule has 0 aliphatic carbocycles. The average Bonchev–Trinajstić information content (AvgIpc) is 2.80. The first-order chi connectivity index (χ1) is 9.54. The van der Waals surface area contributed by atoms with Gasteiger partial charge >= 0.3 is 5.97 Å². The molecule has 20 heavy (non-hydrogen) atoms. The molecule has 4 nitrogen and oxygen atoms in total. The van der Waals surface area contributed by atoms with Crippen LogP contribution < -0.4 is 5.32 Å². The number of nitrogens with one attached hydrogen (secondary N) is 1. The predicted molar refractivity (Wildman–Crippen MR) is 80.1 cm³/mol. The lowest BCUT2D eigenvalue weighted by Gasteiger charge is -2.17. The number of aromatic nitrogens is 1. The van der Waals surface area contributed by atoms with E-state index >= 15 is 0 Å². The summed E-state index contributed by atoms with van der Waals surface area (Å²) < 4.78 is 0. The number of carbonyl (C=O) groups is 1. The van der Waals surface area contributed by atoms with Crippen LogP contribution in [0.4, 0.5) is 0 Å². The molecule has 0 aliphatic heterocycles. The van der Waals surface area contributed by atoms with E-state index in [1.807, 2.05) is 24.4 Å². The van der Waals surface area contributed by atoms with Gasteiger partial charge in [0.05, 0.1) is 17.1 Å². The van der Waals surface area contributed by atoms with Crippen molar-refractivity contribution >= 4 is 28.9 Å². The maximum atomic E-state index is 11.0. The number of benzene rings is 1. The van der Waals surface area contributed by atoms with Gasteiger partial charge in [-0.15, -0.1) is 11.3 Å². The third kappa shape index (κ3) is 4.30. The van der Waals surface area contributed by atoms with Gasteiger partial charge in [-0.05, 0) is 24.6 Å². The molecule has 2 N–H and O–H groups in total. The number of halogens is 1. The first-order valence-corrected chi connectivity index (χ1v) is 7.42. The summed E-state index contributed by atoms with van der Waals surface area (Å²) in [6.45, 7) is 2.48. The molecule has 6 heteroatoms. The fraction of sp³-hybridized carbons (Fsp3) is 0.286. The van der Waals surface area contributed by atoms with Crippen LogP contribution in [0.25, 0.3) is 0 Å². The standard InChI is InChI=1S/C14H15ClN2O2S/c1-9-17-12(8-20-9)7-16-13(6-14(18)19)10-3-2-4-11(15)5-10/h2-5,8,13,16H,6-7H2,1H3,(H,18,19)/t13-/m1/s1. The molecule has 1 aromatic heterocycles. The second-order valence-corrected chi connectivity index (χ2v) is 5.94. The molecule has 1 heterocycles. The number of rotatable bonds is 6. The Bertz CT molecular complexity index is 600. The Kier molecular flexibility index (Phi) is 5.11. The van der Waals surface area contributed by atoms with Crippen molar-refractivity contribution < 1.29 is 9.90 Å². The van der Waals surface area contributed by atoms with Gasteiger partial charge in [0.2, 0.25) is 0 Å². The minimum atomic E-state index is -0.850. The highest BCUT2D eigenvalue weighted by Gasteiger charge is 2.15. The summed E-state index contributed by atoms with van der Waals surface area (Å²) in [5, 5.41) is 15.8. The summed E-state index contributed by atoms with van der Waals surface area (Å²) in [4.78, 5) is 15.4. The molecule has 0 amide bonds. The van der Waals surface area contributed by atoms with Crippen LogP contribution in [0, 0.1) is 6.92 Å². The van der Waals surface area contributed by atoms with Crippen LogP contribution in [0.1, 0.15) is 28.7 Å². The Morgan fingerprint density at radius 3 is 2.95 bits per heavy atom. The van der Waals surface area contributed by atoms with Crippen LogP contribution >= 0.6 is 22.9 Å². The molecule has 0 fully saturated rings. The normalized spacial score (nSPS) is 12.3. The monoisotopic (exact) mass is 310 g/mol. The third-order valence-electron chi connectivity index (χ3n) is 2.83. The summed E-state index contributed by atoms with van der Waals surface area (Å²) in [6.07, 6.45) is 0.00343. The number of aliphatic carboxylic acids is 1. The molecule has 0 spiro atoms. The molecule has 0 saturated heterocycles. The lowest BCUT2D eigenvalue weighted by Crippen LogP contribution is -2.23.